The summed E-state index contributed by atoms with van der Waals surface area (Å²) in [7, 11) is 0. The molecule has 1 atom stereocenters. The molecule has 1 heterocycles. The fourth-order valence-corrected chi connectivity index (χ4v) is 1.12. The molecule has 80 valence electrons. The maximum absolute atomic E-state index is 11.8. The zero-order chi connectivity index (χ0) is 11.6. The number of hydrogen-bond donors (Lipinski definition) is 0. The summed E-state index contributed by atoms with van der Waals surface area (Å²) in [4.78, 5) is 11.8. The van der Waals surface area contributed by atoms with Gasteiger partial charge in [-0.1, -0.05) is 20.8 Å². The third-order valence-electron chi connectivity index (χ3n) is 2.11. The molecule has 0 N–H and O–H groups in total. The smallest absolute Gasteiger partial charge is 0.188 e. The number of ketones is 1. The molecular formula is C11H15N3O. The molecule has 0 spiro atoms. The minimum atomic E-state index is -0.435. The minimum Gasteiger partial charge on any atom is -0.292 e. The molecule has 0 aliphatic rings. The summed E-state index contributed by atoms with van der Waals surface area (Å²) in [5.41, 5.74) is -0.0145. The van der Waals surface area contributed by atoms with E-state index in [-0.39, 0.29) is 11.8 Å². The van der Waals surface area contributed by atoms with Crippen LogP contribution in [0.15, 0.2) is 12.3 Å². The van der Waals surface area contributed by atoms with Crippen LogP contribution in [0.3, 0.4) is 0 Å². The Morgan fingerprint density at radius 3 is 2.67 bits per heavy atom. The number of nitriles is 1. The number of carbonyl (C=O) groups is 1. The van der Waals surface area contributed by atoms with E-state index in [9.17, 15) is 4.79 Å². The first-order valence-electron chi connectivity index (χ1n) is 4.86. The van der Waals surface area contributed by atoms with Crippen LogP contribution in [-0.4, -0.2) is 15.6 Å². The van der Waals surface area contributed by atoms with Gasteiger partial charge in [-0.2, -0.15) is 10.4 Å². The highest BCUT2D eigenvalue weighted by Crippen LogP contribution is 2.19. The highest BCUT2D eigenvalue weighted by Gasteiger charge is 2.25. The van der Waals surface area contributed by atoms with Crippen LogP contribution in [-0.2, 0) is 0 Å². The lowest BCUT2D eigenvalue weighted by atomic mass is 9.89. The topological polar surface area (TPSA) is 58.7 Å². The van der Waals surface area contributed by atoms with Crippen LogP contribution in [0, 0.1) is 16.7 Å². The number of aromatic nitrogens is 2. The molecule has 0 saturated carbocycles. The number of rotatable bonds is 2. The maximum Gasteiger partial charge on any atom is 0.188 e. The van der Waals surface area contributed by atoms with Crippen LogP contribution >= 0.6 is 0 Å². The van der Waals surface area contributed by atoms with Crippen LogP contribution in [0.2, 0.25) is 0 Å². The highest BCUT2D eigenvalue weighted by atomic mass is 16.1. The minimum absolute atomic E-state index is 0.00797. The fraction of sp³-hybridized carbons (Fsp3) is 0.545. The Hall–Kier alpha value is -1.63. The van der Waals surface area contributed by atoms with Crippen molar-refractivity contribution in [2.24, 2.45) is 5.41 Å². The van der Waals surface area contributed by atoms with Gasteiger partial charge in [-0.15, -0.1) is 0 Å². The van der Waals surface area contributed by atoms with Crippen LogP contribution in [0.25, 0.3) is 0 Å². The second-order valence-corrected chi connectivity index (χ2v) is 4.57. The van der Waals surface area contributed by atoms with E-state index in [0.29, 0.717) is 5.69 Å². The summed E-state index contributed by atoms with van der Waals surface area (Å²) in [5.74, 6) is -0.00797. The molecule has 0 saturated heterocycles. The quantitative estimate of drug-likeness (QED) is 0.695. The monoisotopic (exact) mass is 205 g/mol. The molecule has 0 aromatic carbocycles. The zero-order valence-corrected chi connectivity index (χ0v) is 9.48. The molecule has 1 aromatic heterocycles. The first kappa shape index (κ1) is 11.4. The number of Topliss-reactive ketones (excluding diaryl/α,β-unsaturated/α-hetero) is 1. The molecule has 1 unspecified atom stereocenters. The molecule has 0 aliphatic heterocycles. The van der Waals surface area contributed by atoms with Gasteiger partial charge in [-0.05, 0) is 13.0 Å². The molecule has 0 fully saturated rings. The Bertz CT molecular complexity index is 406. The summed E-state index contributed by atoms with van der Waals surface area (Å²) in [6.07, 6.45) is 1.66. The lowest BCUT2D eigenvalue weighted by Gasteiger charge is -2.14. The second-order valence-electron chi connectivity index (χ2n) is 4.57. The molecule has 4 nitrogen and oxygen atoms in total. The predicted molar refractivity (Wildman–Crippen MR) is 56.3 cm³/mol. The average Bonchev–Trinajstić information content (AvgIpc) is 2.62. The van der Waals surface area contributed by atoms with E-state index in [2.05, 4.69) is 11.2 Å². The van der Waals surface area contributed by atoms with E-state index < -0.39 is 5.41 Å². The van der Waals surface area contributed by atoms with Gasteiger partial charge in [-0.3, -0.25) is 9.48 Å². The van der Waals surface area contributed by atoms with E-state index in [4.69, 9.17) is 5.26 Å². The Morgan fingerprint density at radius 2 is 2.20 bits per heavy atom. The summed E-state index contributed by atoms with van der Waals surface area (Å²) in [6, 6.07) is 3.37. The highest BCUT2D eigenvalue weighted by molar-refractivity contribution is 5.97. The number of hydrogen-bond acceptors (Lipinski definition) is 3. The van der Waals surface area contributed by atoms with Crippen molar-refractivity contribution in [2.75, 3.05) is 0 Å². The molecule has 1 rings (SSSR count). The van der Waals surface area contributed by atoms with Crippen LogP contribution in [0.5, 0.6) is 0 Å². The lowest BCUT2D eigenvalue weighted by Crippen LogP contribution is -2.21. The third-order valence-corrected chi connectivity index (χ3v) is 2.11. The maximum atomic E-state index is 11.8. The third kappa shape index (κ3) is 2.44. The summed E-state index contributed by atoms with van der Waals surface area (Å²) in [5, 5.41) is 12.8. The molecule has 0 radical (unpaired) electrons. The van der Waals surface area contributed by atoms with Crippen molar-refractivity contribution >= 4 is 5.78 Å². The Morgan fingerprint density at radius 1 is 1.60 bits per heavy atom. The van der Waals surface area contributed by atoms with Gasteiger partial charge in [0, 0.05) is 11.6 Å². The SMILES string of the molecule is CC(C#N)n1ccc(C(=O)C(C)(C)C)n1. The van der Waals surface area contributed by atoms with Crippen LogP contribution < -0.4 is 0 Å². The van der Waals surface area contributed by atoms with Gasteiger partial charge in [0.2, 0.25) is 0 Å². The lowest BCUT2D eigenvalue weighted by molar-refractivity contribution is 0.0852. The van der Waals surface area contributed by atoms with E-state index in [1.807, 2.05) is 20.8 Å². The predicted octanol–water partition coefficient (Wildman–Crippen LogP) is 2.20. The normalized spacial score (nSPS) is 13.3. The Balaban J connectivity index is 2.96. The Labute approximate surface area is 89.5 Å². The second kappa shape index (κ2) is 3.85. The van der Waals surface area contributed by atoms with Gasteiger partial charge in [0.05, 0.1) is 6.07 Å². The van der Waals surface area contributed by atoms with Crippen molar-refractivity contribution < 1.29 is 4.79 Å². The van der Waals surface area contributed by atoms with E-state index >= 15 is 0 Å². The van der Waals surface area contributed by atoms with E-state index in [1.54, 1.807) is 19.2 Å². The number of nitrogens with zero attached hydrogens (tertiary/aromatic N) is 3. The molecule has 0 amide bonds. The Kier molecular flexibility index (Phi) is 2.94. The van der Waals surface area contributed by atoms with Gasteiger partial charge in [-0.25, -0.2) is 0 Å². The summed E-state index contributed by atoms with van der Waals surface area (Å²) in [6.45, 7) is 7.28. The molecular weight excluding hydrogens is 190 g/mol. The van der Waals surface area contributed by atoms with E-state index in [0.717, 1.165) is 0 Å². The number of carbonyl (C=O) groups excluding carboxylic acids is 1. The first-order chi connectivity index (χ1) is 6.86. The van der Waals surface area contributed by atoms with Gasteiger partial charge in [0.25, 0.3) is 0 Å². The molecule has 0 aliphatic carbocycles. The molecule has 4 heteroatoms. The molecule has 1 aromatic rings. The van der Waals surface area contributed by atoms with Crippen molar-refractivity contribution in [3.8, 4) is 6.07 Å². The fourth-order valence-electron chi connectivity index (χ4n) is 1.12. The van der Waals surface area contributed by atoms with Crippen molar-refractivity contribution in [1.29, 1.82) is 5.26 Å². The molecule has 15 heavy (non-hydrogen) atoms. The standard InChI is InChI=1S/C11H15N3O/c1-8(7-12)14-6-5-9(13-14)10(15)11(2,3)4/h5-6,8H,1-4H3. The average molecular weight is 205 g/mol. The van der Waals surface area contributed by atoms with Gasteiger partial charge in [0.15, 0.2) is 5.78 Å². The van der Waals surface area contributed by atoms with Gasteiger partial charge < -0.3 is 0 Å². The zero-order valence-electron chi connectivity index (χ0n) is 9.48. The largest absolute Gasteiger partial charge is 0.292 e. The van der Waals surface area contributed by atoms with E-state index in [1.165, 1.54) is 4.68 Å². The summed E-state index contributed by atoms with van der Waals surface area (Å²) < 4.78 is 1.50. The van der Waals surface area contributed by atoms with Crippen molar-refractivity contribution in [3.05, 3.63) is 18.0 Å². The van der Waals surface area contributed by atoms with Gasteiger partial charge in [0.1, 0.15) is 11.7 Å². The van der Waals surface area contributed by atoms with Crippen LogP contribution in [0.4, 0.5) is 0 Å². The molecule has 0 bridgehead atoms. The van der Waals surface area contributed by atoms with Crippen molar-refractivity contribution in [2.45, 2.75) is 33.7 Å². The van der Waals surface area contributed by atoms with Crippen molar-refractivity contribution in [1.82, 2.24) is 9.78 Å². The van der Waals surface area contributed by atoms with Crippen molar-refractivity contribution in [3.63, 3.8) is 0 Å². The van der Waals surface area contributed by atoms with Crippen LogP contribution in [0.1, 0.15) is 44.2 Å². The van der Waals surface area contributed by atoms with Gasteiger partial charge >= 0.3 is 0 Å². The summed E-state index contributed by atoms with van der Waals surface area (Å²) >= 11 is 0. The first-order valence-corrected chi connectivity index (χ1v) is 4.86.